The molecule has 2 amide bonds. The van der Waals surface area contributed by atoms with E-state index < -0.39 is 36.3 Å². The molecule has 1 aliphatic rings. The minimum absolute atomic E-state index is 0.0480. The number of carboxylic acid groups (broad SMARTS) is 1. The first kappa shape index (κ1) is 26.3. The molecule has 0 aliphatic heterocycles. The van der Waals surface area contributed by atoms with Crippen molar-refractivity contribution in [2.75, 3.05) is 17.2 Å². The zero-order valence-corrected chi connectivity index (χ0v) is 19.3. The van der Waals surface area contributed by atoms with Crippen LogP contribution in [0.25, 0.3) is 0 Å². The van der Waals surface area contributed by atoms with Crippen molar-refractivity contribution in [3.63, 3.8) is 0 Å². The first-order valence-corrected chi connectivity index (χ1v) is 11.5. The fourth-order valence-electron chi connectivity index (χ4n) is 3.87. The van der Waals surface area contributed by atoms with Crippen LogP contribution in [0.2, 0.25) is 0 Å². The number of hydrogen-bond acceptors (Lipinski definition) is 3. The van der Waals surface area contributed by atoms with E-state index in [4.69, 9.17) is 4.74 Å². The van der Waals surface area contributed by atoms with E-state index in [1.54, 1.807) is 12.1 Å². The van der Waals surface area contributed by atoms with Crippen molar-refractivity contribution in [3.05, 3.63) is 53.3 Å². The van der Waals surface area contributed by atoms with Crippen LogP contribution in [-0.4, -0.2) is 29.9 Å². The molecule has 0 aromatic heterocycles. The number of carbonyl (C=O) groups excluding carboxylic acids is 1. The van der Waals surface area contributed by atoms with Crippen LogP contribution in [0, 0.1) is 11.7 Å². The van der Waals surface area contributed by atoms with Crippen molar-refractivity contribution in [1.82, 2.24) is 0 Å². The van der Waals surface area contributed by atoms with Gasteiger partial charge in [-0.1, -0.05) is 31.5 Å². The van der Waals surface area contributed by atoms with E-state index in [-0.39, 0.29) is 36.1 Å². The highest BCUT2D eigenvalue weighted by Crippen LogP contribution is 2.49. The van der Waals surface area contributed by atoms with E-state index in [1.165, 1.54) is 18.2 Å². The quantitative estimate of drug-likeness (QED) is 0.238. The van der Waals surface area contributed by atoms with Gasteiger partial charge in [0, 0.05) is 6.42 Å². The summed E-state index contributed by atoms with van der Waals surface area (Å²) in [5.41, 5.74) is 1.53. The maximum atomic E-state index is 14.0. The summed E-state index contributed by atoms with van der Waals surface area (Å²) < 4.78 is 57.4. The Hall–Kier alpha value is -3.30. The number of carbonyl (C=O) groups is 2. The van der Waals surface area contributed by atoms with Crippen LogP contribution < -0.4 is 15.4 Å². The number of urea groups is 1. The normalized spacial score (nSPS) is 17.1. The Morgan fingerprint density at radius 3 is 2.46 bits per heavy atom. The third-order valence-corrected chi connectivity index (χ3v) is 5.74. The van der Waals surface area contributed by atoms with Crippen molar-refractivity contribution < 1.29 is 37.0 Å². The molecule has 0 bridgehead atoms. The topological polar surface area (TPSA) is 87.7 Å². The van der Waals surface area contributed by atoms with Crippen LogP contribution >= 0.6 is 0 Å². The molecule has 0 spiro atoms. The molecule has 3 N–H and O–H groups in total. The molecule has 2 aromatic rings. The number of hydrogen-bond donors (Lipinski definition) is 3. The Bertz CT molecular complexity index is 1060. The molecule has 0 saturated heterocycles. The minimum Gasteiger partial charge on any atom is -0.491 e. The number of para-hydroxylation sites is 1. The summed E-state index contributed by atoms with van der Waals surface area (Å²) in [7, 11) is 0. The van der Waals surface area contributed by atoms with E-state index in [0.29, 0.717) is 24.0 Å². The van der Waals surface area contributed by atoms with Crippen LogP contribution in [-0.2, 0) is 11.2 Å². The average molecular weight is 497 g/mol. The van der Waals surface area contributed by atoms with E-state index in [2.05, 4.69) is 10.6 Å². The number of unbranched alkanes of at least 4 members (excludes halogenated alkanes) is 1. The largest absolute Gasteiger partial charge is 0.491 e. The Morgan fingerprint density at radius 2 is 1.83 bits per heavy atom. The summed E-state index contributed by atoms with van der Waals surface area (Å²) in [6.07, 6.45) is -2.98. The molecule has 190 valence electrons. The monoisotopic (exact) mass is 496 g/mol. The SMILES string of the molecule is CCCCc1cc(C2CC2C(=O)O)cc(NC(=O)Nc2ccccc2F)c1OCCCC(F)(F)F. The van der Waals surface area contributed by atoms with Gasteiger partial charge in [-0.15, -0.1) is 0 Å². The maximum absolute atomic E-state index is 14.0. The number of ether oxygens (including phenoxy) is 1. The van der Waals surface area contributed by atoms with Gasteiger partial charge in [-0.05, 0) is 60.9 Å². The van der Waals surface area contributed by atoms with Gasteiger partial charge in [0.15, 0.2) is 0 Å². The molecule has 2 unspecified atom stereocenters. The Labute approximate surface area is 200 Å². The van der Waals surface area contributed by atoms with Gasteiger partial charge in [0.25, 0.3) is 0 Å². The van der Waals surface area contributed by atoms with Crippen LogP contribution in [0.3, 0.4) is 0 Å². The fraction of sp³-hybridized carbons (Fsp3) is 0.440. The number of rotatable bonds is 11. The second-order valence-electron chi connectivity index (χ2n) is 8.57. The van der Waals surface area contributed by atoms with Crippen molar-refractivity contribution in [2.45, 2.75) is 57.5 Å². The zero-order valence-electron chi connectivity index (χ0n) is 19.3. The van der Waals surface area contributed by atoms with Crippen molar-refractivity contribution in [2.24, 2.45) is 5.92 Å². The lowest BCUT2D eigenvalue weighted by atomic mass is 9.99. The van der Waals surface area contributed by atoms with Crippen molar-refractivity contribution in [3.8, 4) is 5.75 Å². The highest BCUT2D eigenvalue weighted by atomic mass is 19.4. The highest BCUT2D eigenvalue weighted by molar-refractivity contribution is 6.01. The number of anilines is 2. The molecule has 2 aromatic carbocycles. The fourth-order valence-corrected chi connectivity index (χ4v) is 3.87. The summed E-state index contributed by atoms with van der Waals surface area (Å²) in [6.45, 7) is 1.76. The molecule has 3 rings (SSSR count). The van der Waals surface area contributed by atoms with Gasteiger partial charge in [-0.2, -0.15) is 13.2 Å². The van der Waals surface area contributed by atoms with Crippen LogP contribution in [0.4, 0.5) is 33.7 Å². The van der Waals surface area contributed by atoms with Crippen molar-refractivity contribution >= 4 is 23.4 Å². The third kappa shape index (κ3) is 7.60. The molecule has 6 nitrogen and oxygen atoms in total. The van der Waals surface area contributed by atoms with Gasteiger partial charge in [0.05, 0.1) is 23.9 Å². The average Bonchev–Trinajstić information content (AvgIpc) is 3.58. The second-order valence-corrected chi connectivity index (χ2v) is 8.57. The van der Waals surface area contributed by atoms with Gasteiger partial charge in [0.1, 0.15) is 11.6 Å². The molecular formula is C25H28F4N2O4. The number of aryl methyl sites for hydroxylation is 1. The molecule has 0 radical (unpaired) electrons. The molecule has 1 aliphatic carbocycles. The summed E-state index contributed by atoms with van der Waals surface area (Å²) in [5.74, 6) is -2.08. The first-order chi connectivity index (χ1) is 16.6. The molecule has 10 heteroatoms. The number of carboxylic acids is 1. The van der Waals surface area contributed by atoms with E-state index in [0.717, 1.165) is 12.8 Å². The summed E-state index contributed by atoms with van der Waals surface area (Å²) in [6, 6.07) is 8.23. The van der Waals surface area contributed by atoms with Crippen molar-refractivity contribution in [1.29, 1.82) is 0 Å². The Balaban J connectivity index is 1.88. The summed E-state index contributed by atoms with van der Waals surface area (Å²) in [4.78, 5) is 24.0. The third-order valence-electron chi connectivity index (χ3n) is 5.74. The highest BCUT2D eigenvalue weighted by Gasteiger charge is 2.44. The lowest BCUT2D eigenvalue weighted by Gasteiger charge is -2.19. The summed E-state index contributed by atoms with van der Waals surface area (Å²) >= 11 is 0. The standard InChI is InChI=1S/C25H28F4N2O4/c1-2-3-7-15-12-16(17-14-18(17)23(32)33)13-21(22(15)35-11-6-10-25(27,28)29)31-24(34)30-20-9-5-4-8-19(20)26/h4-5,8-9,12-13,17-18H,2-3,6-7,10-11,14H2,1H3,(H,32,33)(H2,30,31,34). The number of alkyl halides is 3. The van der Waals surface area contributed by atoms with Gasteiger partial charge >= 0.3 is 18.2 Å². The maximum Gasteiger partial charge on any atom is 0.389 e. The number of halogens is 4. The van der Waals surface area contributed by atoms with Gasteiger partial charge in [-0.3, -0.25) is 4.79 Å². The van der Waals surface area contributed by atoms with Crippen LogP contribution in [0.15, 0.2) is 36.4 Å². The van der Waals surface area contributed by atoms with Gasteiger partial charge in [0.2, 0.25) is 0 Å². The smallest absolute Gasteiger partial charge is 0.389 e. The molecule has 35 heavy (non-hydrogen) atoms. The van der Waals surface area contributed by atoms with E-state index >= 15 is 0 Å². The Kier molecular flexibility index (Phi) is 8.58. The number of nitrogens with one attached hydrogen (secondary N) is 2. The summed E-state index contributed by atoms with van der Waals surface area (Å²) in [5, 5.41) is 14.4. The van der Waals surface area contributed by atoms with Crippen LogP contribution in [0.1, 0.15) is 56.1 Å². The predicted octanol–water partition coefficient (Wildman–Crippen LogP) is 6.72. The molecule has 0 heterocycles. The van der Waals surface area contributed by atoms with E-state index in [1.807, 2.05) is 13.0 Å². The van der Waals surface area contributed by atoms with E-state index in [9.17, 15) is 32.3 Å². The first-order valence-electron chi connectivity index (χ1n) is 11.5. The molecule has 1 fully saturated rings. The number of amides is 2. The Morgan fingerprint density at radius 1 is 1.11 bits per heavy atom. The molecular weight excluding hydrogens is 468 g/mol. The molecule has 2 atom stereocenters. The van der Waals surface area contributed by atoms with Crippen LogP contribution in [0.5, 0.6) is 5.75 Å². The molecule has 1 saturated carbocycles. The van der Waals surface area contributed by atoms with Gasteiger partial charge < -0.3 is 20.5 Å². The lowest BCUT2D eigenvalue weighted by Crippen LogP contribution is -2.21. The van der Waals surface area contributed by atoms with Gasteiger partial charge in [-0.25, -0.2) is 9.18 Å². The second kappa shape index (κ2) is 11.4. The predicted molar refractivity (Wildman–Crippen MR) is 123 cm³/mol. The minimum atomic E-state index is -4.31. The zero-order chi connectivity index (χ0) is 25.6. The number of aliphatic carboxylic acids is 1. The lowest BCUT2D eigenvalue weighted by molar-refractivity contribution is -0.138. The number of benzene rings is 2.